The van der Waals surface area contributed by atoms with E-state index in [1.54, 1.807) is 30.3 Å². The zero-order chi connectivity index (χ0) is 21.3. The van der Waals surface area contributed by atoms with Crippen molar-refractivity contribution in [3.05, 3.63) is 99.6 Å². The van der Waals surface area contributed by atoms with E-state index in [0.29, 0.717) is 33.4 Å². The number of nitro groups is 1. The first kappa shape index (κ1) is 21.5. The van der Waals surface area contributed by atoms with Crippen LogP contribution in [0, 0.1) is 15.5 Å². The number of H-pyrrole nitrogens is 1. The molecule has 0 atom stereocenters. The van der Waals surface area contributed by atoms with Gasteiger partial charge in [0, 0.05) is 34.2 Å². The third-order valence-corrected chi connectivity index (χ3v) is 4.68. The highest BCUT2D eigenvalue weighted by Gasteiger charge is 2.20. The number of hydrogen-bond acceptors (Lipinski definition) is 5. The third kappa shape index (κ3) is 4.24. The smallest absolute Gasteiger partial charge is 0.270 e. The summed E-state index contributed by atoms with van der Waals surface area (Å²) in [6.07, 6.45) is 0. The van der Waals surface area contributed by atoms with Gasteiger partial charge in [-0.2, -0.15) is 0 Å². The third-order valence-electron chi connectivity index (χ3n) is 4.68. The quantitative estimate of drug-likeness (QED) is 0.156. The fourth-order valence-corrected chi connectivity index (χ4v) is 3.22. The number of nitro benzene ring substituents is 1. The highest BCUT2D eigenvalue weighted by molar-refractivity contribution is 6.22. The number of fused-ring (bicyclic) bond motifs is 1. The normalized spacial score (nSPS) is 11.2. The average molecular weight is 436 g/mol. The molecule has 0 aliphatic rings. The molecule has 0 amide bonds. The Labute approximate surface area is 183 Å². The molecule has 3 aromatic carbocycles. The molecule has 0 spiro atoms. The van der Waals surface area contributed by atoms with E-state index in [2.05, 4.69) is 4.98 Å². The zero-order valence-corrected chi connectivity index (χ0v) is 16.9. The highest BCUT2D eigenvalue weighted by atomic mass is 35.5. The minimum absolute atomic E-state index is 0. The molecule has 4 rings (SSSR count). The summed E-state index contributed by atoms with van der Waals surface area (Å²) >= 11 is 0. The van der Waals surface area contributed by atoms with Crippen LogP contribution in [0.25, 0.3) is 10.9 Å². The molecule has 0 saturated heterocycles. The van der Waals surface area contributed by atoms with Gasteiger partial charge < -0.3 is 15.8 Å². The first-order valence-electron chi connectivity index (χ1n) is 9.02. The van der Waals surface area contributed by atoms with Crippen LogP contribution in [0.2, 0.25) is 0 Å². The van der Waals surface area contributed by atoms with Gasteiger partial charge in [-0.15, -0.1) is 12.4 Å². The molecule has 4 aromatic rings. The number of rotatable bonds is 5. The summed E-state index contributed by atoms with van der Waals surface area (Å²) in [7, 11) is 0. The number of benzene rings is 3. The summed E-state index contributed by atoms with van der Waals surface area (Å²) in [6.45, 7) is 0. The van der Waals surface area contributed by atoms with Gasteiger partial charge in [-0.25, -0.2) is 4.99 Å². The standard InChI is InChI=1S/C22H17N5O3.ClH/c23-21(24)14-6-8-15(9-7-14)25-20(13-4-2-1-3-5-13)19-17-12-16(27(29)30)10-11-18(17)26-22(19)28;/h1-12,26,28H,(H3,23,24);1H. The molecule has 31 heavy (non-hydrogen) atoms. The summed E-state index contributed by atoms with van der Waals surface area (Å²) in [6, 6.07) is 20.4. The van der Waals surface area contributed by atoms with Crippen LogP contribution in [0.3, 0.4) is 0 Å². The number of hydrogen-bond donors (Lipinski definition) is 4. The molecule has 1 aromatic heterocycles. The van der Waals surface area contributed by atoms with E-state index >= 15 is 0 Å². The summed E-state index contributed by atoms with van der Waals surface area (Å²) in [5.41, 5.74) is 8.69. The van der Waals surface area contributed by atoms with Crippen molar-refractivity contribution in [1.29, 1.82) is 5.41 Å². The number of halogens is 1. The zero-order valence-electron chi connectivity index (χ0n) is 16.1. The van der Waals surface area contributed by atoms with Crippen molar-refractivity contribution in [3.8, 4) is 5.88 Å². The molecule has 0 unspecified atom stereocenters. The van der Waals surface area contributed by atoms with Crippen LogP contribution in [0.15, 0.2) is 77.8 Å². The molecular formula is C22H18ClN5O3. The van der Waals surface area contributed by atoms with Gasteiger partial charge in [0.1, 0.15) is 5.84 Å². The van der Waals surface area contributed by atoms with Crippen molar-refractivity contribution >= 4 is 46.2 Å². The summed E-state index contributed by atoms with van der Waals surface area (Å²) in [4.78, 5) is 18.3. The topological polar surface area (TPSA) is 141 Å². The Balaban J connectivity index is 0.00000272. The number of aromatic amines is 1. The van der Waals surface area contributed by atoms with Gasteiger partial charge in [0.15, 0.2) is 5.88 Å². The number of aromatic hydroxyl groups is 1. The van der Waals surface area contributed by atoms with Crippen LogP contribution >= 0.6 is 12.4 Å². The van der Waals surface area contributed by atoms with E-state index in [1.165, 1.54) is 12.1 Å². The second kappa shape index (κ2) is 8.68. The first-order valence-corrected chi connectivity index (χ1v) is 9.02. The molecule has 0 aliphatic carbocycles. The van der Waals surface area contributed by atoms with Crippen LogP contribution in [0.4, 0.5) is 11.4 Å². The number of aliphatic imine (C=N–C) groups is 1. The summed E-state index contributed by atoms with van der Waals surface area (Å²) < 4.78 is 0. The van der Waals surface area contributed by atoms with E-state index in [0.717, 1.165) is 5.56 Å². The highest BCUT2D eigenvalue weighted by Crippen LogP contribution is 2.33. The number of nitrogen functional groups attached to an aromatic ring is 1. The molecular weight excluding hydrogens is 418 g/mol. The van der Waals surface area contributed by atoms with Crippen molar-refractivity contribution in [2.75, 3.05) is 0 Å². The van der Waals surface area contributed by atoms with Gasteiger partial charge in [-0.05, 0) is 30.3 Å². The largest absolute Gasteiger partial charge is 0.494 e. The molecule has 0 aliphatic heterocycles. The molecule has 0 fully saturated rings. The van der Waals surface area contributed by atoms with Gasteiger partial charge in [-0.3, -0.25) is 15.5 Å². The Morgan fingerprint density at radius 1 is 1.03 bits per heavy atom. The molecule has 1 heterocycles. The molecule has 8 nitrogen and oxygen atoms in total. The number of nitrogens with one attached hydrogen (secondary N) is 2. The SMILES string of the molecule is Cl.N=C(N)c1ccc(N=C(c2ccccc2)c2c(O)[nH]c3ccc([N+](=O)[O-])cc23)cc1. The van der Waals surface area contributed by atoms with Gasteiger partial charge in [0.05, 0.1) is 21.9 Å². The number of non-ortho nitro benzene ring substituents is 1. The molecule has 156 valence electrons. The lowest BCUT2D eigenvalue weighted by molar-refractivity contribution is -0.384. The lowest BCUT2D eigenvalue weighted by Gasteiger charge is -2.08. The maximum Gasteiger partial charge on any atom is 0.270 e. The van der Waals surface area contributed by atoms with Crippen LogP contribution < -0.4 is 5.73 Å². The van der Waals surface area contributed by atoms with E-state index in [9.17, 15) is 15.2 Å². The second-order valence-electron chi connectivity index (χ2n) is 6.62. The summed E-state index contributed by atoms with van der Waals surface area (Å²) in [5.74, 6) is -0.177. The van der Waals surface area contributed by atoms with Crippen molar-refractivity contribution in [2.24, 2.45) is 10.7 Å². The monoisotopic (exact) mass is 435 g/mol. The van der Waals surface area contributed by atoms with Gasteiger partial charge in [-0.1, -0.05) is 30.3 Å². The van der Waals surface area contributed by atoms with Gasteiger partial charge in [0.25, 0.3) is 5.69 Å². The maximum absolute atomic E-state index is 11.3. The fourth-order valence-electron chi connectivity index (χ4n) is 3.22. The van der Waals surface area contributed by atoms with Crippen molar-refractivity contribution in [3.63, 3.8) is 0 Å². The van der Waals surface area contributed by atoms with E-state index in [4.69, 9.17) is 16.1 Å². The Kier molecular flexibility index (Phi) is 6.03. The number of nitrogens with two attached hydrogens (primary N) is 1. The van der Waals surface area contributed by atoms with Crippen LogP contribution in [-0.4, -0.2) is 26.6 Å². The molecule has 9 heteroatoms. The fraction of sp³-hybridized carbons (Fsp3) is 0. The first-order chi connectivity index (χ1) is 14.4. The Morgan fingerprint density at radius 2 is 1.71 bits per heavy atom. The van der Waals surface area contributed by atoms with Crippen LogP contribution in [-0.2, 0) is 0 Å². The van der Waals surface area contributed by atoms with Gasteiger partial charge in [0.2, 0.25) is 0 Å². The average Bonchev–Trinajstić information content (AvgIpc) is 3.07. The van der Waals surface area contributed by atoms with Gasteiger partial charge >= 0.3 is 0 Å². The van der Waals surface area contributed by atoms with E-state index in [1.807, 2.05) is 30.3 Å². The number of amidine groups is 1. The minimum Gasteiger partial charge on any atom is -0.494 e. The van der Waals surface area contributed by atoms with Crippen LogP contribution in [0.5, 0.6) is 5.88 Å². The Hall–Kier alpha value is -4.17. The lowest BCUT2D eigenvalue weighted by atomic mass is 10.0. The lowest BCUT2D eigenvalue weighted by Crippen LogP contribution is -2.10. The van der Waals surface area contributed by atoms with Crippen molar-refractivity contribution < 1.29 is 10.0 Å². The van der Waals surface area contributed by atoms with E-state index in [-0.39, 0.29) is 29.8 Å². The van der Waals surface area contributed by atoms with Crippen molar-refractivity contribution in [1.82, 2.24) is 4.98 Å². The predicted molar refractivity (Wildman–Crippen MR) is 123 cm³/mol. The number of nitrogens with zero attached hydrogens (tertiary/aromatic N) is 2. The second-order valence-corrected chi connectivity index (χ2v) is 6.62. The minimum atomic E-state index is -0.479. The Morgan fingerprint density at radius 3 is 2.32 bits per heavy atom. The van der Waals surface area contributed by atoms with Crippen LogP contribution in [0.1, 0.15) is 16.7 Å². The number of aromatic nitrogens is 1. The molecule has 0 bridgehead atoms. The maximum atomic E-state index is 11.3. The predicted octanol–water partition coefficient (Wildman–Crippen LogP) is 4.66. The van der Waals surface area contributed by atoms with E-state index < -0.39 is 4.92 Å². The Bertz CT molecular complexity index is 1300. The molecule has 0 saturated carbocycles. The van der Waals surface area contributed by atoms with Crippen molar-refractivity contribution in [2.45, 2.75) is 0 Å². The molecule has 0 radical (unpaired) electrons. The summed E-state index contributed by atoms with van der Waals surface area (Å²) in [5, 5.41) is 29.9. The molecule has 5 N–H and O–H groups in total.